The number of ether oxygens (including phenoxy) is 1. The van der Waals surface area contributed by atoms with Crippen molar-refractivity contribution in [3.8, 4) is 0 Å². The van der Waals surface area contributed by atoms with Gasteiger partial charge in [0.1, 0.15) is 5.76 Å². The second-order valence-corrected chi connectivity index (χ2v) is 9.31. The number of hydrogen-bond donors (Lipinski definition) is 0. The Morgan fingerprint density at radius 3 is 2.48 bits per heavy atom. The van der Waals surface area contributed by atoms with Crippen LogP contribution in [0.5, 0.6) is 0 Å². The molecule has 0 N–H and O–H groups in total. The van der Waals surface area contributed by atoms with Crippen molar-refractivity contribution >= 4 is 17.6 Å². The maximum Gasteiger partial charge on any atom is 0.343 e. The van der Waals surface area contributed by atoms with Gasteiger partial charge in [0, 0.05) is 17.0 Å². The van der Waals surface area contributed by atoms with Gasteiger partial charge >= 0.3 is 5.97 Å². The van der Waals surface area contributed by atoms with E-state index in [0.717, 1.165) is 12.0 Å². The summed E-state index contributed by atoms with van der Waals surface area (Å²) in [7, 11) is 0. The zero-order chi connectivity index (χ0) is 18.6. The van der Waals surface area contributed by atoms with Crippen molar-refractivity contribution in [1.82, 2.24) is 5.06 Å². The average Bonchev–Trinajstić information content (AvgIpc) is 2.66. The van der Waals surface area contributed by atoms with Gasteiger partial charge in [0.05, 0.1) is 11.1 Å². The third-order valence-electron chi connectivity index (χ3n) is 5.33. The van der Waals surface area contributed by atoms with E-state index in [0.29, 0.717) is 29.2 Å². The Labute approximate surface area is 154 Å². The molecule has 135 valence electrons. The minimum absolute atomic E-state index is 0.120. The largest absolute Gasteiger partial charge is 0.427 e. The summed E-state index contributed by atoms with van der Waals surface area (Å²) < 4.78 is 5.81. The summed E-state index contributed by atoms with van der Waals surface area (Å²) in [5.41, 5.74) is 0.128. The van der Waals surface area contributed by atoms with Crippen LogP contribution < -0.4 is 0 Å². The maximum atomic E-state index is 12.9. The van der Waals surface area contributed by atoms with Crippen molar-refractivity contribution in [3.63, 3.8) is 0 Å². The lowest BCUT2D eigenvalue weighted by Gasteiger charge is -2.44. The third-order valence-corrected chi connectivity index (χ3v) is 5.57. The number of halogens is 1. The predicted molar refractivity (Wildman–Crippen MR) is 96.5 cm³/mol. The van der Waals surface area contributed by atoms with E-state index in [2.05, 4.69) is 13.8 Å². The number of fused-ring (bicyclic) bond motifs is 1. The highest BCUT2D eigenvalue weighted by molar-refractivity contribution is 6.30. The Morgan fingerprint density at radius 1 is 1.16 bits per heavy atom. The van der Waals surface area contributed by atoms with Crippen LogP contribution in [-0.2, 0) is 9.94 Å². The molecule has 1 aromatic carbocycles. The van der Waals surface area contributed by atoms with E-state index in [9.17, 15) is 10.0 Å². The van der Waals surface area contributed by atoms with Gasteiger partial charge in [-0.1, -0.05) is 31.5 Å². The third kappa shape index (κ3) is 3.23. The molecule has 1 saturated heterocycles. The Balaban J connectivity index is 1.99. The lowest BCUT2D eigenvalue weighted by molar-refractivity contribution is -0.251. The second kappa shape index (κ2) is 5.83. The van der Waals surface area contributed by atoms with E-state index in [1.165, 1.54) is 5.06 Å². The molecular formula is C20H25ClNO3. The number of hydroxylamine groups is 2. The molecule has 1 aliphatic heterocycles. The monoisotopic (exact) mass is 362 g/mol. The standard InChI is InChI=1S/C20H25ClNO3/c1-18(2)11-16(25-17(23)13-7-6-8-14(21)9-13)15-10-19(3,4)22(24)20(15,5)12-18/h6-9H,10-12H2,1-5H3. The van der Waals surface area contributed by atoms with Gasteiger partial charge in [-0.3, -0.25) is 0 Å². The molecular weight excluding hydrogens is 338 g/mol. The first-order chi connectivity index (χ1) is 11.4. The molecule has 1 unspecified atom stereocenters. The molecule has 0 aromatic heterocycles. The van der Waals surface area contributed by atoms with E-state index in [-0.39, 0.29) is 5.41 Å². The molecule has 2 aliphatic rings. The van der Waals surface area contributed by atoms with Gasteiger partial charge in [-0.05, 0) is 62.8 Å². The molecule has 25 heavy (non-hydrogen) atoms. The zero-order valence-electron chi connectivity index (χ0n) is 15.5. The van der Waals surface area contributed by atoms with Crippen molar-refractivity contribution < 1.29 is 14.7 Å². The number of allylic oxidation sites excluding steroid dienone is 1. The Kier molecular flexibility index (Phi) is 4.30. The summed E-state index contributed by atoms with van der Waals surface area (Å²) in [6.45, 7) is 10.1. The molecule has 1 heterocycles. The fraction of sp³-hybridized carbons (Fsp3) is 0.550. The van der Waals surface area contributed by atoms with Crippen LogP contribution in [0.4, 0.5) is 0 Å². The molecule has 1 fully saturated rings. The number of hydrogen-bond acceptors (Lipinski definition) is 3. The summed E-state index contributed by atoms with van der Waals surface area (Å²) >= 11 is 5.98. The highest BCUT2D eigenvalue weighted by atomic mass is 35.5. The van der Waals surface area contributed by atoms with Gasteiger partial charge in [0.15, 0.2) is 0 Å². The SMILES string of the molecule is CC1(C)CC(OC(=O)c2cccc(Cl)c2)=C2CC(C)(C)N([O])C2(C)C1. The minimum Gasteiger partial charge on any atom is -0.427 e. The molecule has 1 radical (unpaired) electrons. The van der Waals surface area contributed by atoms with Gasteiger partial charge in [0.25, 0.3) is 0 Å². The lowest BCUT2D eigenvalue weighted by Crippen LogP contribution is -2.50. The number of carbonyl (C=O) groups is 1. The van der Waals surface area contributed by atoms with Crippen LogP contribution in [0.15, 0.2) is 35.6 Å². The van der Waals surface area contributed by atoms with Crippen LogP contribution in [0.3, 0.4) is 0 Å². The summed E-state index contributed by atoms with van der Waals surface area (Å²) in [5.74, 6) is 0.224. The molecule has 5 heteroatoms. The van der Waals surface area contributed by atoms with Gasteiger partial charge in [-0.2, -0.15) is 0 Å². The molecule has 1 atom stereocenters. The van der Waals surface area contributed by atoms with Crippen molar-refractivity contribution in [1.29, 1.82) is 0 Å². The highest BCUT2D eigenvalue weighted by Crippen LogP contribution is 2.55. The van der Waals surface area contributed by atoms with Crippen molar-refractivity contribution in [3.05, 3.63) is 46.2 Å². The summed E-state index contributed by atoms with van der Waals surface area (Å²) in [6, 6.07) is 6.73. The van der Waals surface area contributed by atoms with E-state index in [1.807, 2.05) is 20.8 Å². The van der Waals surface area contributed by atoms with Gasteiger partial charge in [-0.25, -0.2) is 4.79 Å². The fourth-order valence-corrected chi connectivity index (χ4v) is 4.67. The number of nitrogens with zero attached hydrogens (tertiary/aromatic N) is 1. The number of esters is 1. The van der Waals surface area contributed by atoms with Gasteiger partial charge in [-0.15, -0.1) is 10.3 Å². The van der Waals surface area contributed by atoms with Crippen LogP contribution in [0, 0.1) is 5.41 Å². The van der Waals surface area contributed by atoms with Crippen LogP contribution in [0.1, 0.15) is 64.2 Å². The number of benzene rings is 1. The Hall–Kier alpha value is -1.36. The van der Waals surface area contributed by atoms with Gasteiger partial charge < -0.3 is 4.74 Å². The zero-order valence-corrected chi connectivity index (χ0v) is 16.2. The second-order valence-electron chi connectivity index (χ2n) is 8.88. The van der Waals surface area contributed by atoms with Crippen LogP contribution >= 0.6 is 11.6 Å². The molecule has 0 saturated carbocycles. The van der Waals surface area contributed by atoms with Crippen LogP contribution in [0.2, 0.25) is 5.02 Å². The summed E-state index contributed by atoms with van der Waals surface area (Å²) in [4.78, 5) is 12.6. The van der Waals surface area contributed by atoms with E-state index >= 15 is 0 Å². The first kappa shape index (κ1) is 18.4. The van der Waals surface area contributed by atoms with Crippen molar-refractivity contribution in [2.75, 3.05) is 0 Å². The van der Waals surface area contributed by atoms with Crippen molar-refractivity contribution in [2.24, 2.45) is 5.41 Å². The number of rotatable bonds is 2. The molecule has 4 nitrogen and oxygen atoms in total. The lowest BCUT2D eigenvalue weighted by atomic mass is 9.68. The molecule has 0 bridgehead atoms. The first-order valence-electron chi connectivity index (χ1n) is 8.62. The quantitative estimate of drug-likeness (QED) is 0.683. The smallest absolute Gasteiger partial charge is 0.343 e. The van der Waals surface area contributed by atoms with E-state index in [1.54, 1.807) is 24.3 Å². The van der Waals surface area contributed by atoms with Crippen molar-refractivity contribution in [2.45, 2.75) is 65.0 Å². The van der Waals surface area contributed by atoms with Crippen LogP contribution in [0.25, 0.3) is 0 Å². The first-order valence-corrected chi connectivity index (χ1v) is 9.00. The minimum atomic E-state index is -0.630. The van der Waals surface area contributed by atoms with E-state index in [4.69, 9.17) is 16.3 Å². The normalized spacial score (nSPS) is 28.0. The van der Waals surface area contributed by atoms with Crippen LogP contribution in [-0.4, -0.2) is 22.1 Å². The average molecular weight is 363 g/mol. The Bertz CT molecular complexity index is 753. The number of carbonyl (C=O) groups excluding carboxylic acids is 1. The molecule has 0 amide bonds. The molecule has 1 aliphatic carbocycles. The fourth-order valence-electron chi connectivity index (χ4n) is 4.48. The van der Waals surface area contributed by atoms with E-state index < -0.39 is 17.0 Å². The Morgan fingerprint density at radius 2 is 1.84 bits per heavy atom. The predicted octanol–water partition coefficient (Wildman–Crippen LogP) is 5.16. The molecule has 0 spiro atoms. The van der Waals surface area contributed by atoms with Gasteiger partial charge in [0.2, 0.25) is 0 Å². The maximum absolute atomic E-state index is 12.9. The molecule has 3 rings (SSSR count). The summed E-state index contributed by atoms with van der Waals surface area (Å²) in [5, 5.41) is 14.6. The summed E-state index contributed by atoms with van der Waals surface area (Å²) in [6.07, 6.45) is 2.01. The topological polar surface area (TPSA) is 49.4 Å². The molecule has 1 aromatic rings. The highest BCUT2D eigenvalue weighted by Gasteiger charge is 2.57.